The smallest absolute Gasteiger partial charge is 0.269 e. The Labute approximate surface area is 180 Å². The molecule has 3 rings (SSSR count). The molecule has 2 aromatic rings. The first-order valence-electron chi connectivity index (χ1n) is 9.62. The minimum absolute atomic E-state index is 0.131. The van der Waals surface area contributed by atoms with Crippen LogP contribution in [0.4, 0.5) is 0 Å². The predicted molar refractivity (Wildman–Crippen MR) is 113 cm³/mol. The average molecular weight is 430 g/mol. The van der Waals surface area contributed by atoms with Gasteiger partial charge in [-0.25, -0.2) is 15.0 Å². The van der Waals surface area contributed by atoms with E-state index < -0.39 is 0 Å². The SMILES string of the molecule is C=CC(=O)N1CCO[C@H](c2cc(Cl)nc(-c3cc(C(=O)NC)ncn3)c2)[C@H]1C(C)C. The Kier molecular flexibility index (Phi) is 6.79. The van der Waals surface area contributed by atoms with Gasteiger partial charge >= 0.3 is 0 Å². The summed E-state index contributed by atoms with van der Waals surface area (Å²) in [4.78, 5) is 38.7. The summed E-state index contributed by atoms with van der Waals surface area (Å²) in [7, 11) is 1.53. The number of carbonyl (C=O) groups is 2. The fourth-order valence-corrected chi connectivity index (χ4v) is 3.85. The van der Waals surface area contributed by atoms with Crippen molar-refractivity contribution in [1.82, 2.24) is 25.2 Å². The lowest BCUT2D eigenvalue weighted by molar-refractivity contribution is -0.145. The second kappa shape index (κ2) is 9.32. The molecule has 2 amide bonds. The zero-order valence-electron chi connectivity index (χ0n) is 17.1. The first-order valence-corrected chi connectivity index (χ1v) is 10.00. The average Bonchev–Trinajstić information content (AvgIpc) is 2.76. The summed E-state index contributed by atoms with van der Waals surface area (Å²) in [6, 6.07) is 4.91. The number of hydrogen-bond acceptors (Lipinski definition) is 6. The van der Waals surface area contributed by atoms with E-state index in [1.807, 2.05) is 19.9 Å². The van der Waals surface area contributed by atoms with Crippen LogP contribution < -0.4 is 5.32 Å². The molecule has 1 N–H and O–H groups in total. The van der Waals surface area contributed by atoms with Crippen molar-refractivity contribution in [2.45, 2.75) is 26.0 Å². The fourth-order valence-electron chi connectivity index (χ4n) is 3.63. The number of carbonyl (C=O) groups excluding carboxylic acids is 2. The van der Waals surface area contributed by atoms with Crippen molar-refractivity contribution < 1.29 is 14.3 Å². The number of nitrogens with zero attached hydrogens (tertiary/aromatic N) is 4. The highest BCUT2D eigenvalue weighted by Gasteiger charge is 2.37. The van der Waals surface area contributed by atoms with Crippen LogP contribution in [0.25, 0.3) is 11.4 Å². The Morgan fingerprint density at radius 2 is 2.07 bits per heavy atom. The van der Waals surface area contributed by atoms with Crippen LogP contribution in [0.5, 0.6) is 0 Å². The van der Waals surface area contributed by atoms with Gasteiger partial charge in [-0.15, -0.1) is 0 Å². The molecule has 0 spiro atoms. The van der Waals surface area contributed by atoms with Gasteiger partial charge in [0, 0.05) is 13.6 Å². The van der Waals surface area contributed by atoms with Gasteiger partial charge in [0.1, 0.15) is 23.3 Å². The molecule has 0 aliphatic carbocycles. The van der Waals surface area contributed by atoms with Crippen molar-refractivity contribution in [3.05, 3.63) is 53.6 Å². The van der Waals surface area contributed by atoms with Gasteiger partial charge < -0.3 is 15.0 Å². The summed E-state index contributed by atoms with van der Waals surface area (Å²) in [6.07, 6.45) is 2.24. The van der Waals surface area contributed by atoms with E-state index in [2.05, 4.69) is 26.8 Å². The third kappa shape index (κ3) is 4.49. The maximum absolute atomic E-state index is 12.4. The number of amides is 2. The van der Waals surface area contributed by atoms with Crippen LogP contribution in [0.3, 0.4) is 0 Å². The van der Waals surface area contributed by atoms with E-state index in [1.165, 1.54) is 19.5 Å². The second-order valence-electron chi connectivity index (χ2n) is 7.24. The van der Waals surface area contributed by atoms with Gasteiger partial charge in [-0.3, -0.25) is 9.59 Å². The molecular formula is C21H24ClN5O3. The number of nitrogens with one attached hydrogen (secondary N) is 1. The molecule has 158 valence electrons. The second-order valence-corrected chi connectivity index (χ2v) is 7.63. The van der Waals surface area contributed by atoms with Gasteiger partial charge in [-0.05, 0) is 35.8 Å². The molecule has 3 heterocycles. The summed E-state index contributed by atoms with van der Waals surface area (Å²) in [5, 5.41) is 2.80. The number of ether oxygens (including phenoxy) is 1. The highest BCUT2D eigenvalue weighted by atomic mass is 35.5. The number of halogens is 1. The van der Waals surface area contributed by atoms with Crippen molar-refractivity contribution in [2.75, 3.05) is 20.2 Å². The lowest BCUT2D eigenvalue weighted by Crippen LogP contribution is -2.52. The van der Waals surface area contributed by atoms with Crippen LogP contribution in [-0.2, 0) is 9.53 Å². The van der Waals surface area contributed by atoms with Crippen LogP contribution in [0.2, 0.25) is 5.15 Å². The topological polar surface area (TPSA) is 97.3 Å². The Morgan fingerprint density at radius 1 is 1.30 bits per heavy atom. The van der Waals surface area contributed by atoms with Crippen molar-refractivity contribution in [1.29, 1.82) is 0 Å². The van der Waals surface area contributed by atoms with Crippen molar-refractivity contribution in [3.8, 4) is 11.4 Å². The lowest BCUT2D eigenvalue weighted by Gasteiger charge is -2.43. The molecule has 30 heavy (non-hydrogen) atoms. The normalized spacial score (nSPS) is 18.9. The van der Waals surface area contributed by atoms with Crippen LogP contribution in [-0.4, -0.2) is 57.9 Å². The summed E-state index contributed by atoms with van der Waals surface area (Å²) in [6.45, 7) is 8.59. The van der Waals surface area contributed by atoms with Crippen molar-refractivity contribution in [3.63, 3.8) is 0 Å². The minimum atomic E-state index is -0.387. The van der Waals surface area contributed by atoms with E-state index in [1.54, 1.807) is 17.0 Å². The maximum Gasteiger partial charge on any atom is 0.269 e. The first kappa shape index (κ1) is 21.9. The molecule has 0 saturated carbocycles. The Morgan fingerprint density at radius 3 is 2.73 bits per heavy atom. The minimum Gasteiger partial charge on any atom is -0.370 e. The standard InChI is InChI=1S/C21H24ClN5O3/c1-5-18(28)27-6-7-30-20(19(27)12(2)3)13-8-15(26-17(22)9-13)14-10-16(21(29)23-4)25-11-24-14/h5,8-12,19-20H,1,6-7H2,2-4H3,(H,23,29)/t19-,20-/m1/s1. The molecule has 1 fully saturated rings. The molecule has 1 aliphatic rings. The third-order valence-corrected chi connectivity index (χ3v) is 5.17. The first-order chi connectivity index (χ1) is 14.3. The van der Waals surface area contributed by atoms with E-state index in [0.717, 1.165) is 5.56 Å². The molecular weight excluding hydrogens is 406 g/mol. The van der Waals surface area contributed by atoms with Crippen LogP contribution in [0, 0.1) is 5.92 Å². The molecule has 0 radical (unpaired) electrons. The summed E-state index contributed by atoms with van der Waals surface area (Å²) >= 11 is 6.32. The molecule has 1 aliphatic heterocycles. The van der Waals surface area contributed by atoms with Crippen LogP contribution in [0.15, 0.2) is 37.2 Å². The van der Waals surface area contributed by atoms with Gasteiger partial charge in [0.05, 0.1) is 24.0 Å². The number of hydrogen-bond donors (Lipinski definition) is 1. The van der Waals surface area contributed by atoms with E-state index in [-0.39, 0.29) is 40.7 Å². The molecule has 2 aromatic heterocycles. The summed E-state index contributed by atoms with van der Waals surface area (Å²) in [5.41, 5.74) is 1.96. The Bertz CT molecular complexity index is 965. The van der Waals surface area contributed by atoms with Gasteiger partial charge in [0.15, 0.2) is 0 Å². The number of rotatable bonds is 5. The van der Waals surface area contributed by atoms with Crippen molar-refractivity contribution >= 4 is 23.4 Å². The highest BCUT2D eigenvalue weighted by Crippen LogP contribution is 2.35. The predicted octanol–water partition coefficient (Wildman–Crippen LogP) is 2.66. The molecule has 8 nitrogen and oxygen atoms in total. The largest absolute Gasteiger partial charge is 0.370 e. The molecule has 0 bridgehead atoms. The van der Waals surface area contributed by atoms with Gasteiger partial charge in [0.2, 0.25) is 5.91 Å². The Hall–Kier alpha value is -2.84. The van der Waals surface area contributed by atoms with Gasteiger partial charge in [0.25, 0.3) is 5.91 Å². The zero-order chi connectivity index (χ0) is 21.8. The molecule has 0 aromatic carbocycles. The summed E-state index contributed by atoms with van der Waals surface area (Å²) in [5.74, 6) is -0.322. The van der Waals surface area contributed by atoms with E-state index in [0.29, 0.717) is 24.5 Å². The van der Waals surface area contributed by atoms with Crippen molar-refractivity contribution in [2.24, 2.45) is 5.92 Å². The van der Waals surface area contributed by atoms with Gasteiger partial charge in [-0.1, -0.05) is 32.0 Å². The van der Waals surface area contributed by atoms with E-state index in [4.69, 9.17) is 16.3 Å². The zero-order valence-corrected chi connectivity index (χ0v) is 17.9. The summed E-state index contributed by atoms with van der Waals surface area (Å²) < 4.78 is 6.08. The maximum atomic E-state index is 12.4. The van der Waals surface area contributed by atoms with Crippen LogP contribution >= 0.6 is 11.6 Å². The quantitative estimate of drug-likeness (QED) is 0.579. The highest BCUT2D eigenvalue weighted by molar-refractivity contribution is 6.29. The molecule has 2 atom stereocenters. The molecule has 0 unspecified atom stereocenters. The molecule has 9 heteroatoms. The number of aromatic nitrogens is 3. The van der Waals surface area contributed by atoms with E-state index in [9.17, 15) is 9.59 Å². The fraction of sp³-hybridized carbons (Fsp3) is 0.381. The number of morpholine rings is 1. The monoisotopic (exact) mass is 429 g/mol. The molecule has 1 saturated heterocycles. The lowest BCUT2D eigenvalue weighted by atomic mass is 9.90. The van der Waals surface area contributed by atoms with Gasteiger partial charge in [-0.2, -0.15) is 0 Å². The van der Waals surface area contributed by atoms with E-state index >= 15 is 0 Å². The Balaban J connectivity index is 2.03. The van der Waals surface area contributed by atoms with Crippen LogP contribution in [0.1, 0.15) is 36.0 Å². The third-order valence-electron chi connectivity index (χ3n) is 4.97. The number of pyridine rings is 1.